The van der Waals surface area contributed by atoms with Crippen LogP contribution in [0, 0.1) is 12.7 Å². The molecule has 5 heteroatoms. The Labute approximate surface area is 156 Å². The second-order valence-electron chi connectivity index (χ2n) is 7.21. The van der Waals surface area contributed by atoms with Crippen LogP contribution in [-0.4, -0.2) is 10.9 Å². The fourth-order valence-corrected chi connectivity index (χ4v) is 3.45. The first kappa shape index (κ1) is 18.3. The van der Waals surface area contributed by atoms with E-state index < -0.39 is 0 Å². The van der Waals surface area contributed by atoms with Gasteiger partial charge in [-0.2, -0.15) is 0 Å². The molecule has 3 aromatic rings. The number of halogens is 1. The first-order valence-corrected chi connectivity index (χ1v) is 9.21. The van der Waals surface area contributed by atoms with Crippen LogP contribution in [0.2, 0.25) is 0 Å². The molecule has 0 bridgehead atoms. The molecule has 2 aromatic carbocycles. The van der Waals surface area contributed by atoms with Crippen LogP contribution in [0.25, 0.3) is 11.3 Å². The van der Waals surface area contributed by atoms with Crippen LogP contribution in [-0.2, 0) is 5.41 Å². The van der Waals surface area contributed by atoms with Crippen molar-refractivity contribution in [1.82, 2.24) is 4.98 Å². The maximum Gasteiger partial charge on any atom is 0.257 e. The van der Waals surface area contributed by atoms with Crippen molar-refractivity contribution < 1.29 is 9.18 Å². The molecule has 1 heterocycles. The SMILES string of the molecule is Cc1sc(NC(=O)c2ccc(C(C)(C)C)cc2)nc1-c1ccc(F)cc1. The molecule has 0 atom stereocenters. The van der Waals surface area contributed by atoms with Gasteiger partial charge in [-0.1, -0.05) is 32.9 Å². The highest BCUT2D eigenvalue weighted by Gasteiger charge is 2.16. The van der Waals surface area contributed by atoms with E-state index in [2.05, 4.69) is 31.1 Å². The lowest BCUT2D eigenvalue weighted by Gasteiger charge is -2.18. The first-order chi connectivity index (χ1) is 12.2. The van der Waals surface area contributed by atoms with Gasteiger partial charge in [0.1, 0.15) is 5.82 Å². The van der Waals surface area contributed by atoms with Gasteiger partial charge in [0.05, 0.1) is 5.69 Å². The number of aryl methyl sites for hydroxylation is 1. The number of carbonyl (C=O) groups is 1. The van der Waals surface area contributed by atoms with E-state index in [9.17, 15) is 9.18 Å². The molecule has 0 radical (unpaired) electrons. The molecule has 0 aliphatic carbocycles. The molecule has 0 saturated carbocycles. The molecule has 0 unspecified atom stereocenters. The fraction of sp³-hybridized carbons (Fsp3) is 0.238. The topological polar surface area (TPSA) is 42.0 Å². The number of hydrogen-bond donors (Lipinski definition) is 1. The Bertz CT molecular complexity index is 922. The second kappa shape index (κ2) is 7.00. The molecule has 26 heavy (non-hydrogen) atoms. The minimum atomic E-state index is -0.283. The Hall–Kier alpha value is -2.53. The number of rotatable bonds is 3. The van der Waals surface area contributed by atoms with Crippen molar-refractivity contribution in [3.05, 3.63) is 70.4 Å². The van der Waals surface area contributed by atoms with E-state index in [-0.39, 0.29) is 17.1 Å². The van der Waals surface area contributed by atoms with Gasteiger partial charge in [-0.15, -0.1) is 11.3 Å². The molecular formula is C21H21FN2OS. The Balaban J connectivity index is 1.78. The summed E-state index contributed by atoms with van der Waals surface area (Å²) in [4.78, 5) is 17.9. The summed E-state index contributed by atoms with van der Waals surface area (Å²) in [5, 5.41) is 3.39. The number of aromatic nitrogens is 1. The molecule has 0 spiro atoms. The van der Waals surface area contributed by atoms with E-state index in [0.29, 0.717) is 10.7 Å². The number of anilines is 1. The van der Waals surface area contributed by atoms with Crippen molar-refractivity contribution in [1.29, 1.82) is 0 Å². The van der Waals surface area contributed by atoms with Crippen molar-refractivity contribution >= 4 is 22.4 Å². The van der Waals surface area contributed by atoms with Crippen LogP contribution in [0.5, 0.6) is 0 Å². The predicted molar refractivity (Wildman–Crippen MR) is 105 cm³/mol. The van der Waals surface area contributed by atoms with Crippen molar-refractivity contribution in [2.24, 2.45) is 0 Å². The number of thiazole rings is 1. The molecule has 134 valence electrons. The van der Waals surface area contributed by atoms with E-state index in [0.717, 1.165) is 16.1 Å². The lowest BCUT2D eigenvalue weighted by Crippen LogP contribution is -2.14. The summed E-state index contributed by atoms with van der Waals surface area (Å²) in [7, 11) is 0. The maximum absolute atomic E-state index is 13.1. The van der Waals surface area contributed by atoms with Crippen LogP contribution < -0.4 is 5.32 Å². The Morgan fingerprint density at radius 2 is 1.65 bits per heavy atom. The zero-order valence-corrected chi connectivity index (χ0v) is 16.1. The van der Waals surface area contributed by atoms with Crippen LogP contribution >= 0.6 is 11.3 Å². The van der Waals surface area contributed by atoms with Crippen LogP contribution in [0.3, 0.4) is 0 Å². The molecule has 1 N–H and O–H groups in total. The smallest absolute Gasteiger partial charge is 0.257 e. The summed E-state index contributed by atoms with van der Waals surface area (Å²) in [6.07, 6.45) is 0. The van der Waals surface area contributed by atoms with Gasteiger partial charge in [-0.25, -0.2) is 9.37 Å². The zero-order valence-electron chi connectivity index (χ0n) is 15.3. The number of amides is 1. The molecule has 3 rings (SSSR count). The minimum Gasteiger partial charge on any atom is -0.298 e. The number of nitrogens with zero attached hydrogens (tertiary/aromatic N) is 1. The third kappa shape index (κ3) is 3.99. The standard InChI is InChI=1S/C21H21FN2OS/c1-13-18(14-7-11-17(22)12-8-14)23-20(26-13)24-19(25)15-5-9-16(10-6-15)21(2,3)4/h5-12H,1-4H3,(H,23,24,25). The normalized spacial score (nSPS) is 11.4. The largest absolute Gasteiger partial charge is 0.298 e. The van der Waals surface area contributed by atoms with Gasteiger partial charge in [0, 0.05) is 16.0 Å². The molecular weight excluding hydrogens is 347 g/mol. The molecule has 0 aliphatic rings. The van der Waals surface area contributed by atoms with Crippen LogP contribution in [0.1, 0.15) is 41.6 Å². The number of benzene rings is 2. The summed E-state index contributed by atoms with van der Waals surface area (Å²) in [5.74, 6) is -0.473. The Morgan fingerprint density at radius 1 is 1.04 bits per heavy atom. The number of nitrogens with one attached hydrogen (secondary N) is 1. The first-order valence-electron chi connectivity index (χ1n) is 8.39. The van der Waals surface area contributed by atoms with Crippen molar-refractivity contribution in [3.63, 3.8) is 0 Å². The van der Waals surface area contributed by atoms with Crippen molar-refractivity contribution in [2.75, 3.05) is 5.32 Å². The monoisotopic (exact) mass is 368 g/mol. The van der Waals surface area contributed by atoms with Gasteiger partial charge in [-0.3, -0.25) is 10.1 Å². The van der Waals surface area contributed by atoms with Crippen molar-refractivity contribution in [2.45, 2.75) is 33.1 Å². The van der Waals surface area contributed by atoms with E-state index in [1.165, 1.54) is 29.0 Å². The molecule has 0 fully saturated rings. The fourth-order valence-electron chi connectivity index (χ4n) is 2.62. The Kier molecular flexibility index (Phi) is 4.92. The minimum absolute atomic E-state index is 0.0471. The lowest BCUT2D eigenvalue weighted by molar-refractivity contribution is 0.102. The zero-order chi connectivity index (χ0) is 18.9. The quantitative estimate of drug-likeness (QED) is 0.634. The summed E-state index contributed by atoms with van der Waals surface area (Å²) < 4.78 is 13.1. The number of carbonyl (C=O) groups excluding carboxylic acids is 1. The van der Waals surface area contributed by atoms with E-state index in [4.69, 9.17) is 0 Å². The maximum atomic E-state index is 13.1. The highest BCUT2D eigenvalue weighted by Crippen LogP contribution is 2.31. The van der Waals surface area contributed by atoms with E-state index >= 15 is 0 Å². The predicted octanol–water partition coefficient (Wildman–Crippen LogP) is 5.81. The average Bonchev–Trinajstić information content (AvgIpc) is 2.95. The van der Waals surface area contributed by atoms with Gasteiger partial charge in [-0.05, 0) is 54.3 Å². The van der Waals surface area contributed by atoms with Crippen LogP contribution in [0.15, 0.2) is 48.5 Å². The van der Waals surface area contributed by atoms with Crippen LogP contribution in [0.4, 0.5) is 9.52 Å². The van der Waals surface area contributed by atoms with Gasteiger partial charge in [0.15, 0.2) is 5.13 Å². The number of hydrogen-bond acceptors (Lipinski definition) is 3. The molecule has 0 saturated heterocycles. The van der Waals surface area contributed by atoms with Gasteiger partial charge >= 0.3 is 0 Å². The van der Waals surface area contributed by atoms with E-state index in [1.54, 1.807) is 12.1 Å². The molecule has 3 nitrogen and oxygen atoms in total. The third-order valence-electron chi connectivity index (χ3n) is 4.15. The highest BCUT2D eigenvalue weighted by atomic mass is 32.1. The highest BCUT2D eigenvalue weighted by molar-refractivity contribution is 7.16. The lowest BCUT2D eigenvalue weighted by atomic mass is 9.87. The van der Waals surface area contributed by atoms with Gasteiger partial charge in [0.2, 0.25) is 0 Å². The third-order valence-corrected chi connectivity index (χ3v) is 5.03. The summed E-state index contributed by atoms with van der Waals surface area (Å²) >= 11 is 1.41. The molecule has 0 aliphatic heterocycles. The second-order valence-corrected chi connectivity index (χ2v) is 8.42. The Morgan fingerprint density at radius 3 is 2.23 bits per heavy atom. The summed E-state index contributed by atoms with van der Waals surface area (Å²) in [6.45, 7) is 8.34. The van der Waals surface area contributed by atoms with Gasteiger partial charge < -0.3 is 0 Å². The molecule has 1 amide bonds. The summed E-state index contributed by atoms with van der Waals surface area (Å²) in [5.41, 5.74) is 3.40. The van der Waals surface area contributed by atoms with Crippen molar-refractivity contribution in [3.8, 4) is 11.3 Å². The van der Waals surface area contributed by atoms with E-state index in [1.807, 2.05) is 31.2 Å². The summed E-state index contributed by atoms with van der Waals surface area (Å²) in [6, 6.07) is 13.8. The van der Waals surface area contributed by atoms with Gasteiger partial charge in [0.25, 0.3) is 5.91 Å². The molecule has 1 aromatic heterocycles. The average molecular weight is 368 g/mol.